The molecule has 0 aliphatic rings. The van der Waals surface area contributed by atoms with Gasteiger partial charge in [0.25, 0.3) is 0 Å². The van der Waals surface area contributed by atoms with Crippen molar-refractivity contribution in [3.8, 4) is 0 Å². The lowest BCUT2D eigenvalue weighted by atomic mass is 10.0. The van der Waals surface area contributed by atoms with Gasteiger partial charge in [0.2, 0.25) is 0 Å². The first-order valence-electron chi connectivity index (χ1n) is 5.36. The summed E-state index contributed by atoms with van der Waals surface area (Å²) in [6.07, 6.45) is 1.70. The second-order valence-electron chi connectivity index (χ2n) is 3.77. The molecule has 5 heteroatoms. The van der Waals surface area contributed by atoms with E-state index in [0.717, 1.165) is 10.2 Å². The molecule has 1 unspecified atom stereocenters. The zero-order valence-corrected chi connectivity index (χ0v) is 12.8. The SMILES string of the molecule is CNC(c1ccc(Br)cn1)c1cccc(Br)c1F. The van der Waals surface area contributed by atoms with Gasteiger partial charge in [-0.05, 0) is 57.1 Å². The maximum absolute atomic E-state index is 14.1. The van der Waals surface area contributed by atoms with Gasteiger partial charge < -0.3 is 5.32 Å². The van der Waals surface area contributed by atoms with E-state index in [0.29, 0.717) is 10.0 Å². The molecular formula is C13H11Br2FN2. The summed E-state index contributed by atoms with van der Waals surface area (Å²) < 4.78 is 15.4. The number of pyridine rings is 1. The maximum Gasteiger partial charge on any atom is 0.142 e. The van der Waals surface area contributed by atoms with Crippen molar-refractivity contribution in [3.63, 3.8) is 0 Å². The van der Waals surface area contributed by atoms with Gasteiger partial charge in [-0.2, -0.15) is 0 Å². The molecule has 0 fully saturated rings. The highest BCUT2D eigenvalue weighted by molar-refractivity contribution is 9.10. The van der Waals surface area contributed by atoms with Gasteiger partial charge in [0, 0.05) is 16.2 Å². The minimum absolute atomic E-state index is 0.262. The summed E-state index contributed by atoms with van der Waals surface area (Å²) in [6, 6.07) is 8.74. The van der Waals surface area contributed by atoms with Crippen molar-refractivity contribution in [2.24, 2.45) is 0 Å². The van der Waals surface area contributed by atoms with Crippen LogP contribution in [0.25, 0.3) is 0 Å². The first kappa shape index (κ1) is 13.6. The molecule has 1 aromatic carbocycles. The smallest absolute Gasteiger partial charge is 0.142 e. The van der Waals surface area contributed by atoms with E-state index in [9.17, 15) is 4.39 Å². The van der Waals surface area contributed by atoms with Crippen LogP contribution in [0.15, 0.2) is 45.5 Å². The number of rotatable bonds is 3. The Morgan fingerprint density at radius 1 is 1.22 bits per heavy atom. The average Bonchev–Trinajstić information content (AvgIpc) is 2.37. The lowest BCUT2D eigenvalue weighted by Crippen LogP contribution is -2.20. The van der Waals surface area contributed by atoms with E-state index < -0.39 is 0 Å². The van der Waals surface area contributed by atoms with Crippen LogP contribution in [0.3, 0.4) is 0 Å². The highest BCUT2D eigenvalue weighted by Crippen LogP contribution is 2.27. The number of hydrogen-bond donors (Lipinski definition) is 1. The number of nitrogens with zero attached hydrogens (tertiary/aromatic N) is 1. The van der Waals surface area contributed by atoms with Crippen molar-refractivity contribution in [2.75, 3.05) is 7.05 Å². The van der Waals surface area contributed by atoms with Gasteiger partial charge in [-0.3, -0.25) is 4.98 Å². The van der Waals surface area contributed by atoms with Crippen LogP contribution in [0.1, 0.15) is 17.3 Å². The number of benzene rings is 1. The van der Waals surface area contributed by atoms with Gasteiger partial charge in [0.05, 0.1) is 16.2 Å². The number of aromatic nitrogens is 1. The predicted octanol–water partition coefficient (Wildman–Crippen LogP) is 4.05. The first-order chi connectivity index (χ1) is 8.63. The minimum atomic E-state index is -0.268. The zero-order chi connectivity index (χ0) is 13.1. The Balaban J connectivity index is 2.45. The second kappa shape index (κ2) is 5.91. The monoisotopic (exact) mass is 372 g/mol. The molecule has 0 spiro atoms. The molecule has 0 amide bonds. The van der Waals surface area contributed by atoms with Crippen LogP contribution < -0.4 is 5.32 Å². The molecule has 94 valence electrons. The Bertz CT molecular complexity index is 543. The van der Waals surface area contributed by atoms with Crippen LogP contribution in [-0.4, -0.2) is 12.0 Å². The Kier molecular flexibility index (Phi) is 4.48. The fourth-order valence-corrected chi connectivity index (χ4v) is 2.38. The van der Waals surface area contributed by atoms with Gasteiger partial charge in [0.1, 0.15) is 5.82 Å². The molecule has 1 heterocycles. The molecule has 0 saturated carbocycles. The number of hydrogen-bond acceptors (Lipinski definition) is 2. The molecule has 1 aromatic heterocycles. The Morgan fingerprint density at radius 3 is 2.61 bits per heavy atom. The van der Waals surface area contributed by atoms with E-state index in [4.69, 9.17) is 0 Å². The van der Waals surface area contributed by atoms with E-state index in [1.165, 1.54) is 0 Å². The molecule has 0 aliphatic heterocycles. The van der Waals surface area contributed by atoms with Crippen molar-refractivity contribution >= 4 is 31.9 Å². The van der Waals surface area contributed by atoms with Crippen molar-refractivity contribution in [1.82, 2.24) is 10.3 Å². The molecule has 18 heavy (non-hydrogen) atoms. The standard InChI is InChI=1S/C13H11Br2FN2/c1-17-13(11-6-5-8(14)7-18-11)9-3-2-4-10(15)12(9)16/h2-7,13,17H,1H3. The van der Waals surface area contributed by atoms with Crippen molar-refractivity contribution in [1.29, 1.82) is 0 Å². The fraction of sp³-hybridized carbons (Fsp3) is 0.154. The third-order valence-electron chi connectivity index (χ3n) is 2.63. The van der Waals surface area contributed by atoms with E-state index >= 15 is 0 Å². The van der Waals surface area contributed by atoms with E-state index in [1.807, 2.05) is 18.2 Å². The zero-order valence-electron chi connectivity index (χ0n) is 9.62. The second-order valence-corrected chi connectivity index (χ2v) is 5.54. The van der Waals surface area contributed by atoms with Crippen LogP contribution in [0.5, 0.6) is 0 Å². The summed E-state index contributed by atoms with van der Waals surface area (Å²) in [4.78, 5) is 4.31. The molecule has 0 aliphatic carbocycles. The molecule has 2 nitrogen and oxygen atoms in total. The summed E-state index contributed by atoms with van der Waals surface area (Å²) >= 11 is 6.53. The molecule has 2 rings (SSSR count). The summed E-state index contributed by atoms with van der Waals surface area (Å²) in [6.45, 7) is 0. The highest BCUT2D eigenvalue weighted by atomic mass is 79.9. The van der Waals surface area contributed by atoms with Gasteiger partial charge in [-0.25, -0.2) is 4.39 Å². The highest BCUT2D eigenvalue weighted by Gasteiger charge is 2.18. The maximum atomic E-state index is 14.1. The minimum Gasteiger partial charge on any atom is -0.308 e. The Morgan fingerprint density at radius 2 is 2.00 bits per heavy atom. The van der Waals surface area contributed by atoms with Gasteiger partial charge in [-0.15, -0.1) is 0 Å². The Hall–Kier alpha value is -0.780. The number of halogens is 3. The average molecular weight is 374 g/mol. The summed E-state index contributed by atoms with van der Waals surface area (Å²) in [7, 11) is 1.79. The van der Waals surface area contributed by atoms with Gasteiger partial charge >= 0.3 is 0 Å². The molecule has 1 atom stereocenters. The quantitative estimate of drug-likeness (QED) is 0.877. The van der Waals surface area contributed by atoms with E-state index in [2.05, 4.69) is 42.2 Å². The third-order valence-corrected chi connectivity index (χ3v) is 3.71. The third kappa shape index (κ3) is 2.79. The molecule has 0 radical (unpaired) electrons. The lowest BCUT2D eigenvalue weighted by molar-refractivity contribution is 0.565. The molecule has 0 bridgehead atoms. The summed E-state index contributed by atoms with van der Waals surface area (Å²) in [5.41, 5.74) is 1.35. The molecule has 1 N–H and O–H groups in total. The Labute approximate surface area is 122 Å². The summed E-state index contributed by atoms with van der Waals surface area (Å²) in [5, 5.41) is 3.08. The molecule has 0 saturated heterocycles. The van der Waals surface area contributed by atoms with Crippen molar-refractivity contribution < 1.29 is 4.39 Å². The van der Waals surface area contributed by atoms with Gasteiger partial charge in [0.15, 0.2) is 0 Å². The van der Waals surface area contributed by atoms with Crippen LogP contribution in [0.2, 0.25) is 0 Å². The fourth-order valence-electron chi connectivity index (χ4n) is 1.76. The largest absolute Gasteiger partial charge is 0.308 e. The van der Waals surface area contributed by atoms with Crippen molar-refractivity contribution in [2.45, 2.75) is 6.04 Å². The molecular weight excluding hydrogens is 363 g/mol. The van der Waals surface area contributed by atoms with E-state index in [-0.39, 0.29) is 11.9 Å². The van der Waals surface area contributed by atoms with Crippen LogP contribution in [0.4, 0.5) is 4.39 Å². The number of nitrogens with one attached hydrogen (secondary N) is 1. The molecule has 2 aromatic rings. The predicted molar refractivity (Wildman–Crippen MR) is 76.9 cm³/mol. The van der Waals surface area contributed by atoms with Crippen LogP contribution in [-0.2, 0) is 0 Å². The van der Waals surface area contributed by atoms with Gasteiger partial charge in [-0.1, -0.05) is 12.1 Å². The van der Waals surface area contributed by atoms with Crippen LogP contribution >= 0.6 is 31.9 Å². The van der Waals surface area contributed by atoms with Crippen LogP contribution in [0, 0.1) is 5.82 Å². The summed E-state index contributed by atoms with van der Waals surface area (Å²) in [5.74, 6) is -0.262. The topological polar surface area (TPSA) is 24.9 Å². The lowest BCUT2D eigenvalue weighted by Gasteiger charge is -2.17. The van der Waals surface area contributed by atoms with E-state index in [1.54, 1.807) is 25.4 Å². The van der Waals surface area contributed by atoms with Crippen molar-refractivity contribution in [3.05, 3.63) is 62.5 Å². The normalized spacial score (nSPS) is 12.4. The first-order valence-corrected chi connectivity index (χ1v) is 6.94.